The predicted octanol–water partition coefficient (Wildman–Crippen LogP) is 3.42. The first-order chi connectivity index (χ1) is 9.18. The molecule has 20 heavy (non-hydrogen) atoms. The third kappa shape index (κ3) is 4.69. The van der Waals surface area contributed by atoms with Crippen LogP contribution in [0.2, 0.25) is 5.02 Å². The number of rotatable bonds is 6. The summed E-state index contributed by atoms with van der Waals surface area (Å²) < 4.78 is 24.3. The molecule has 0 saturated heterocycles. The molecule has 0 fully saturated rings. The molecule has 1 aromatic carbocycles. The molecule has 1 rings (SSSR count). The third-order valence-electron chi connectivity index (χ3n) is 3.10. The summed E-state index contributed by atoms with van der Waals surface area (Å²) in [6, 6.07) is 6.55. The number of benzene rings is 1. The summed E-state index contributed by atoms with van der Waals surface area (Å²) in [7, 11) is -3.35. The molecule has 2 N–H and O–H groups in total. The summed E-state index contributed by atoms with van der Waals surface area (Å²) in [5.41, 5.74) is 5.51. The lowest BCUT2D eigenvalue weighted by molar-refractivity contribution is 0.431. The highest BCUT2D eigenvalue weighted by Crippen LogP contribution is 2.25. The molecule has 0 radical (unpaired) electrons. The van der Waals surface area contributed by atoms with E-state index in [1.165, 1.54) is 18.2 Å². The van der Waals surface area contributed by atoms with E-state index in [0.29, 0.717) is 24.9 Å². The van der Waals surface area contributed by atoms with Gasteiger partial charge in [-0.2, -0.15) is 5.26 Å². The van der Waals surface area contributed by atoms with Crippen LogP contribution in [0.25, 0.3) is 0 Å². The molecule has 0 bridgehead atoms. The normalized spacial score (nSPS) is 12.1. The number of nitrogens with zero attached hydrogens (tertiary/aromatic N) is 1. The van der Waals surface area contributed by atoms with Crippen molar-refractivity contribution < 1.29 is 8.42 Å². The van der Waals surface area contributed by atoms with Crippen molar-refractivity contribution in [2.45, 2.75) is 38.0 Å². The maximum Gasteiger partial charge on any atom is 0.178 e. The standard InChI is InChI=1S/C14H19ClN2O2S/c1-14(2,10-16)7-3-4-8-20(18,19)11-5-6-13(17)12(15)9-11/h5-6,9H,3-4,7-8,17H2,1-2H3. The van der Waals surface area contributed by atoms with Gasteiger partial charge in [-0.15, -0.1) is 0 Å². The van der Waals surface area contributed by atoms with Crippen LogP contribution in [-0.4, -0.2) is 14.2 Å². The number of nitrogen functional groups attached to an aromatic ring is 1. The molecule has 0 unspecified atom stereocenters. The Labute approximate surface area is 125 Å². The molecule has 0 heterocycles. The van der Waals surface area contributed by atoms with E-state index in [1.54, 1.807) is 0 Å². The number of nitriles is 1. The number of sulfone groups is 1. The number of hydrogen-bond donors (Lipinski definition) is 1. The molecule has 0 atom stereocenters. The minimum absolute atomic E-state index is 0.0504. The fraction of sp³-hybridized carbons (Fsp3) is 0.500. The zero-order valence-corrected chi connectivity index (χ0v) is 13.3. The average Bonchev–Trinajstić information content (AvgIpc) is 2.38. The number of anilines is 1. The summed E-state index contributed by atoms with van der Waals surface area (Å²) in [6.45, 7) is 3.70. The van der Waals surface area contributed by atoms with Gasteiger partial charge in [0, 0.05) is 0 Å². The first kappa shape index (κ1) is 16.8. The van der Waals surface area contributed by atoms with Crippen LogP contribution < -0.4 is 5.73 Å². The first-order valence-electron chi connectivity index (χ1n) is 6.37. The van der Waals surface area contributed by atoms with Crippen molar-refractivity contribution in [2.75, 3.05) is 11.5 Å². The predicted molar refractivity (Wildman–Crippen MR) is 81.2 cm³/mol. The van der Waals surface area contributed by atoms with Gasteiger partial charge in [-0.05, 0) is 44.9 Å². The van der Waals surface area contributed by atoms with E-state index in [0.717, 1.165) is 0 Å². The number of nitrogens with two attached hydrogens (primary N) is 1. The van der Waals surface area contributed by atoms with Crippen molar-refractivity contribution in [3.63, 3.8) is 0 Å². The lowest BCUT2D eigenvalue weighted by Gasteiger charge is -2.14. The van der Waals surface area contributed by atoms with Crippen molar-refractivity contribution in [3.8, 4) is 6.07 Å². The van der Waals surface area contributed by atoms with Crippen LogP contribution in [-0.2, 0) is 9.84 Å². The summed E-state index contributed by atoms with van der Waals surface area (Å²) in [4.78, 5) is 0.191. The lowest BCUT2D eigenvalue weighted by atomic mass is 9.89. The second kappa shape index (κ2) is 6.47. The Kier molecular flexibility index (Phi) is 5.43. The highest BCUT2D eigenvalue weighted by Gasteiger charge is 2.18. The molecule has 0 amide bonds. The zero-order chi connectivity index (χ0) is 15.4. The largest absolute Gasteiger partial charge is 0.398 e. The monoisotopic (exact) mass is 314 g/mol. The van der Waals surface area contributed by atoms with Crippen LogP contribution in [0, 0.1) is 16.7 Å². The van der Waals surface area contributed by atoms with Crippen LogP contribution in [0.3, 0.4) is 0 Å². The molecule has 0 aliphatic carbocycles. The minimum atomic E-state index is -3.35. The van der Waals surface area contributed by atoms with E-state index in [1.807, 2.05) is 13.8 Å². The lowest BCUT2D eigenvalue weighted by Crippen LogP contribution is -2.10. The van der Waals surface area contributed by atoms with Crippen LogP contribution in [0.5, 0.6) is 0 Å². The highest BCUT2D eigenvalue weighted by atomic mass is 35.5. The van der Waals surface area contributed by atoms with Crippen molar-refractivity contribution in [1.82, 2.24) is 0 Å². The van der Waals surface area contributed by atoms with Crippen molar-refractivity contribution in [1.29, 1.82) is 5.26 Å². The molecule has 0 aliphatic heterocycles. The quantitative estimate of drug-likeness (QED) is 0.644. The third-order valence-corrected chi connectivity index (χ3v) is 5.22. The second-order valence-corrected chi connectivity index (χ2v) is 7.97. The van der Waals surface area contributed by atoms with Crippen LogP contribution in [0.1, 0.15) is 33.1 Å². The van der Waals surface area contributed by atoms with Crippen LogP contribution in [0.15, 0.2) is 23.1 Å². The Hall–Kier alpha value is -1.25. The van der Waals surface area contributed by atoms with Gasteiger partial charge in [0.05, 0.1) is 32.8 Å². The van der Waals surface area contributed by atoms with Gasteiger partial charge < -0.3 is 5.73 Å². The molecule has 4 nitrogen and oxygen atoms in total. The first-order valence-corrected chi connectivity index (χ1v) is 8.40. The van der Waals surface area contributed by atoms with E-state index in [2.05, 4.69) is 6.07 Å². The zero-order valence-electron chi connectivity index (χ0n) is 11.7. The molecule has 0 aliphatic rings. The molecule has 0 aromatic heterocycles. The van der Waals surface area contributed by atoms with E-state index in [9.17, 15) is 8.42 Å². The number of unbranched alkanes of at least 4 members (excludes halogenated alkanes) is 1. The fourth-order valence-corrected chi connectivity index (χ4v) is 3.37. The molecule has 6 heteroatoms. The van der Waals surface area contributed by atoms with Gasteiger partial charge in [0.2, 0.25) is 0 Å². The molecule has 0 saturated carbocycles. The van der Waals surface area contributed by atoms with Gasteiger partial charge in [0.15, 0.2) is 9.84 Å². The summed E-state index contributed by atoms with van der Waals surface area (Å²) in [6.07, 6.45) is 1.90. The van der Waals surface area contributed by atoms with Gasteiger partial charge in [-0.25, -0.2) is 8.42 Å². The summed E-state index contributed by atoms with van der Waals surface area (Å²) >= 11 is 5.83. The second-order valence-electron chi connectivity index (χ2n) is 5.45. The highest BCUT2D eigenvalue weighted by molar-refractivity contribution is 7.91. The SMILES string of the molecule is CC(C)(C#N)CCCCS(=O)(=O)c1ccc(N)c(Cl)c1. The van der Waals surface area contributed by atoms with Gasteiger partial charge in [0.25, 0.3) is 0 Å². The van der Waals surface area contributed by atoms with E-state index >= 15 is 0 Å². The van der Waals surface area contributed by atoms with E-state index in [4.69, 9.17) is 22.6 Å². The molecule has 1 aromatic rings. The van der Waals surface area contributed by atoms with Crippen molar-refractivity contribution >= 4 is 27.1 Å². The van der Waals surface area contributed by atoms with Crippen LogP contribution in [0.4, 0.5) is 5.69 Å². The number of hydrogen-bond acceptors (Lipinski definition) is 4. The van der Waals surface area contributed by atoms with Crippen molar-refractivity contribution in [3.05, 3.63) is 23.2 Å². The summed E-state index contributed by atoms with van der Waals surface area (Å²) in [5.74, 6) is 0.0504. The van der Waals surface area contributed by atoms with E-state index in [-0.39, 0.29) is 15.7 Å². The van der Waals surface area contributed by atoms with Gasteiger partial charge >= 0.3 is 0 Å². The Balaban J connectivity index is 2.63. The Bertz CT molecular complexity index is 619. The smallest absolute Gasteiger partial charge is 0.178 e. The van der Waals surface area contributed by atoms with Gasteiger partial charge in [-0.3, -0.25) is 0 Å². The topological polar surface area (TPSA) is 84.0 Å². The van der Waals surface area contributed by atoms with Gasteiger partial charge in [0.1, 0.15) is 0 Å². The Morgan fingerprint density at radius 1 is 1.35 bits per heavy atom. The molecule has 0 spiro atoms. The Morgan fingerprint density at radius 3 is 2.55 bits per heavy atom. The van der Waals surface area contributed by atoms with Crippen LogP contribution >= 0.6 is 11.6 Å². The molecular weight excluding hydrogens is 296 g/mol. The molecular formula is C14H19ClN2O2S. The average molecular weight is 315 g/mol. The maximum absolute atomic E-state index is 12.1. The minimum Gasteiger partial charge on any atom is -0.398 e. The van der Waals surface area contributed by atoms with E-state index < -0.39 is 15.3 Å². The molecule has 110 valence electrons. The van der Waals surface area contributed by atoms with Gasteiger partial charge in [-0.1, -0.05) is 18.0 Å². The summed E-state index contributed by atoms with van der Waals surface area (Å²) in [5, 5.41) is 9.14. The fourth-order valence-electron chi connectivity index (χ4n) is 1.73. The Morgan fingerprint density at radius 2 is 2.00 bits per heavy atom. The number of halogens is 1. The van der Waals surface area contributed by atoms with Crippen molar-refractivity contribution in [2.24, 2.45) is 5.41 Å². The maximum atomic E-state index is 12.1.